The van der Waals surface area contributed by atoms with Crippen LogP contribution in [0.1, 0.15) is 38.6 Å². The lowest BCUT2D eigenvalue weighted by atomic mass is 9.88. The van der Waals surface area contributed by atoms with E-state index >= 15 is 0 Å². The molecule has 1 aromatic rings. The van der Waals surface area contributed by atoms with Gasteiger partial charge in [0.25, 0.3) is 0 Å². The van der Waals surface area contributed by atoms with Crippen molar-refractivity contribution in [1.29, 1.82) is 0 Å². The Morgan fingerprint density at radius 2 is 2.24 bits per heavy atom. The van der Waals surface area contributed by atoms with Crippen molar-refractivity contribution in [2.24, 2.45) is 7.05 Å². The zero-order valence-corrected chi connectivity index (χ0v) is 13.3. The van der Waals surface area contributed by atoms with Crippen molar-refractivity contribution >= 4 is 6.09 Å². The minimum absolute atomic E-state index is 0.203. The number of ether oxygens (including phenoxy) is 1. The summed E-state index contributed by atoms with van der Waals surface area (Å²) in [5.74, 6) is 0. The highest BCUT2D eigenvalue weighted by Crippen LogP contribution is 2.36. The smallest absolute Gasteiger partial charge is 0.410 e. The van der Waals surface area contributed by atoms with E-state index in [0.29, 0.717) is 13.1 Å². The molecule has 116 valence electrons. The summed E-state index contributed by atoms with van der Waals surface area (Å²) in [6.45, 7) is 7.95. The van der Waals surface area contributed by atoms with Gasteiger partial charge in [0.2, 0.25) is 0 Å². The molecular weight excluding hydrogens is 268 g/mol. The van der Waals surface area contributed by atoms with Crippen molar-refractivity contribution in [3.63, 3.8) is 0 Å². The number of nitrogens with one attached hydrogen (secondary N) is 1. The SMILES string of the molecule is Cn1cnc2c1CCNC21CCN(C(=O)OC(C)(C)C)C1. The number of imidazole rings is 1. The molecule has 6 nitrogen and oxygen atoms in total. The van der Waals surface area contributed by atoms with Gasteiger partial charge < -0.3 is 19.5 Å². The number of aromatic nitrogens is 2. The third-order valence-corrected chi connectivity index (χ3v) is 4.26. The number of amides is 1. The molecule has 2 aliphatic rings. The maximum atomic E-state index is 12.3. The average molecular weight is 292 g/mol. The summed E-state index contributed by atoms with van der Waals surface area (Å²) < 4.78 is 7.57. The number of hydrogen-bond acceptors (Lipinski definition) is 4. The van der Waals surface area contributed by atoms with Gasteiger partial charge >= 0.3 is 6.09 Å². The van der Waals surface area contributed by atoms with Crippen LogP contribution in [-0.4, -0.2) is 45.8 Å². The quantitative estimate of drug-likeness (QED) is 0.785. The van der Waals surface area contributed by atoms with Gasteiger partial charge in [0.1, 0.15) is 5.60 Å². The van der Waals surface area contributed by atoms with Crippen molar-refractivity contribution in [1.82, 2.24) is 19.8 Å². The molecule has 2 aliphatic heterocycles. The van der Waals surface area contributed by atoms with Crippen LogP contribution >= 0.6 is 0 Å². The van der Waals surface area contributed by atoms with Crippen molar-refractivity contribution in [2.75, 3.05) is 19.6 Å². The number of likely N-dealkylation sites (tertiary alicyclic amines) is 1. The van der Waals surface area contributed by atoms with E-state index in [9.17, 15) is 4.79 Å². The van der Waals surface area contributed by atoms with E-state index in [2.05, 4.69) is 14.9 Å². The number of carbonyl (C=O) groups is 1. The maximum Gasteiger partial charge on any atom is 0.410 e. The van der Waals surface area contributed by atoms with E-state index in [1.54, 1.807) is 4.90 Å². The van der Waals surface area contributed by atoms with Crippen molar-refractivity contribution in [3.8, 4) is 0 Å². The van der Waals surface area contributed by atoms with Crippen LogP contribution in [0.2, 0.25) is 0 Å². The second-order valence-electron chi connectivity index (χ2n) is 7.06. The normalized spacial score (nSPS) is 25.2. The number of hydrogen-bond donors (Lipinski definition) is 1. The summed E-state index contributed by atoms with van der Waals surface area (Å²) in [6.07, 6.45) is 3.51. The Hall–Kier alpha value is -1.56. The van der Waals surface area contributed by atoms with Gasteiger partial charge in [-0.05, 0) is 27.2 Å². The molecule has 1 atom stereocenters. The molecule has 1 N–H and O–H groups in total. The van der Waals surface area contributed by atoms with E-state index in [1.165, 1.54) is 5.69 Å². The van der Waals surface area contributed by atoms with Crippen LogP contribution < -0.4 is 5.32 Å². The Balaban J connectivity index is 1.80. The standard InChI is InChI=1S/C15H24N4O2/c1-14(2,3)21-13(20)19-8-6-15(9-19)12-11(5-7-17-15)18(4)10-16-12/h10,17H,5-9H2,1-4H3. The number of aryl methyl sites for hydroxylation is 1. The second kappa shape index (κ2) is 4.73. The minimum Gasteiger partial charge on any atom is -0.444 e. The monoisotopic (exact) mass is 292 g/mol. The largest absolute Gasteiger partial charge is 0.444 e. The number of nitrogens with zero attached hydrogens (tertiary/aromatic N) is 3. The van der Waals surface area contributed by atoms with Gasteiger partial charge in [-0.3, -0.25) is 0 Å². The lowest BCUT2D eigenvalue weighted by molar-refractivity contribution is 0.0278. The predicted octanol–water partition coefficient (Wildman–Crippen LogP) is 1.40. The minimum atomic E-state index is -0.455. The van der Waals surface area contributed by atoms with Crippen LogP contribution in [0.4, 0.5) is 4.79 Å². The lowest BCUT2D eigenvalue weighted by Crippen LogP contribution is -2.50. The summed E-state index contributed by atoms with van der Waals surface area (Å²) in [4.78, 5) is 18.6. The fourth-order valence-corrected chi connectivity index (χ4v) is 3.28. The van der Waals surface area contributed by atoms with Crippen molar-refractivity contribution in [2.45, 2.75) is 44.8 Å². The molecule has 6 heteroatoms. The highest BCUT2D eigenvalue weighted by atomic mass is 16.6. The first kappa shape index (κ1) is 14.4. The third-order valence-electron chi connectivity index (χ3n) is 4.26. The van der Waals surface area contributed by atoms with E-state index in [0.717, 1.165) is 25.1 Å². The number of fused-ring (bicyclic) bond motifs is 2. The highest BCUT2D eigenvalue weighted by Gasteiger charge is 2.46. The van der Waals surface area contributed by atoms with Gasteiger partial charge in [-0.1, -0.05) is 0 Å². The molecule has 3 rings (SSSR count). The van der Waals surface area contributed by atoms with Crippen LogP contribution in [0.15, 0.2) is 6.33 Å². The molecule has 1 amide bonds. The molecule has 0 aromatic carbocycles. The van der Waals surface area contributed by atoms with Crippen LogP contribution in [0.25, 0.3) is 0 Å². The summed E-state index contributed by atoms with van der Waals surface area (Å²) in [6, 6.07) is 0. The van der Waals surface area contributed by atoms with Gasteiger partial charge in [-0.25, -0.2) is 9.78 Å². The van der Waals surface area contributed by atoms with Gasteiger partial charge in [0.05, 0.1) is 17.6 Å². The molecule has 1 aromatic heterocycles. The van der Waals surface area contributed by atoms with E-state index < -0.39 is 5.60 Å². The zero-order chi connectivity index (χ0) is 15.3. The molecule has 0 aliphatic carbocycles. The van der Waals surface area contributed by atoms with Crippen LogP contribution in [0.5, 0.6) is 0 Å². The molecule has 0 bridgehead atoms. The third kappa shape index (κ3) is 2.52. The van der Waals surface area contributed by atoms with E-state index in [-0.39, 0.29) is 11.6 Å². The maximum absolute atomic E-state index is 12.3. The first-order chi connectivity index (χ1) is 9.81. The van der Waals surface area contributed by atoms with Gasteiger partial charge in [0, 0.05) is 38.8 Å². The van der Waals surface area contributed by atoms with Crippen LogP contribution in [-0.2, 0) is 23.7 Å². The van der Waals surface area contributed by atoms with Crippen LogP contribution in [0, 0.1) is 0 Å². The molecule has 0 saturated carbocycles. The molecule has 21 heavy (non-hydrogen) atoms. The van der Waals surface area contributed by atoms with Crippen molar-refractivity contribution in [3.05, 3.63) is 17.7 Å². The Morgan fingerprint density at radius 1 is 1.48 bits per heavy atom. The van der Waals surface area contributed by atoms with Gasteiger partial charge in [-0.15, -0.1) is 0 Å². The Labute approximate surface area is 125 Å². The summed E-state index contributed by atoms with van der Waals surface area (Å²) in [5, 5.41) is 3.59. The second-order valence-corrected chi connectivity index (χ2v) is 7.06. The molecule has 1 spiro atoms. The number of rotatable bonds is 0. The summed E-state index contributed by atoms with van der Waals surface area (Å²) in [5.41, 5.74) is 1.72. The van der Waals surface area contributed by atoms with Gasteiger partial charge in [-0.2, -0.15) is 0 Å². The first-order valence-corrected chi connectivity index (χ1v) is 7.54. The van der Waals surface area contributed by atoms with E-state index in [4.69, 9.17) is 4.74 Å². The topological polar surface area (TPSA) is 59.4 Å². The fourth-order valence-electron chi connectivity index (χ4n) is 3.28. The van der Waals surface area contributed by atoms with Crippen LogP contribution in [0.3, 0.4) is 0 Å². The Kier molecular flexibility index (Phi) is 3.24. The highest BCUT2D eigenvalue weighted by molar-refractivity contribution is 5.69. The average Bonchev–Trinajstić information content (AvgIpc) is 2.95. The predicted molar refractivity (Wildman–Crippen MR) is 79.0 cm³/mol. The first-order valence-electron chi connectivity index (χ1n) is 7.54. The molecule has 1 fully saturated rings. The van der Waals surface area contributed by atoms with Crippen molar-refractivity contribution < 1.29 is 9.53 Å². The molecule has 1 saturated heterocycles. The molecule has 1 unspecified atom stereocenters. The van der Waals surface area contributed by atoms with Gasteiger partial charge in [0.15, 0.2) is 0 Å². The molecule has 0 radical (unpaired) electrons. The summed E-state index contributed by atoms with van der Waals surface area (Å²) >= 11 is 0. The number of carbonyl (C=O) groups excluding carboxylic acids is 1. The zero-order valence-electron chi connectivity index (χ0n) is 13.3. The Morgan fingerprint density at radius 3 is 2.95 bits per heavy atom. The fraction of sp³-hybridized carbons (Fsp3) is 0.733. The lowest BCUT2D eigenvalue weighted by Gasteiger charge is -2.34. The van der Waals surface area contributed by atoms with E-state index in [1.807, 2.05) is 34.1 Å². The molecular formula is C15H24N4O2. The molecule has 3 heterocycles. The summed E-state index contributed by atoms with van der Waals surface area (Å²) in [7, 11) is 2.03. The Bertz CT molecular complexity index is 561.